The molecular formula is C23H22F2N2O. The lowest BCUT2D eigenvalue weighted by molar-refractivity contribution is -0.118. The van der Waals surface area contributed by atoms with Gasteiger partial charge >= 0.3 is 0 Å². The van der Waals surface area contributed by atoms with E-state index < -0.39 is 18.6 Å². The minimum Gasteiger partial charge on any atom is -0.390 e. The van der Waals surface area contributed by atoms with Crippen molar-refractivity contribution in [1.82, 2.24) is 10.2 Å². The van der Waals surface area contributed by atoms with E-state index in [1.807, 2.05) is 30.3 Å². The van der Waals surface area contributed by atoms with Crippen LogP contribution in [-0.2, 0) is 0 Å². The number of rotatable bonds is 4. The van der Waals surface area contributed by atoms with Gasteiger partial charge in [0, 0.05) is 26.2 Å². The van der Waals surface area contributed by atoms with Crippen molar-refractivity contribution in [2.75, 3.05) is 32.8 Å². The molecule has 1 aliphatic rings. The molecule has 1 fully saturated rings. The fourth-order valence-corrected chi connectivity index (χ4v) is 4.71. The van der Waals surface area contributed by atoms with Crippen LogP contribution in [0.1, 0.15) is 11.6 Å². The van der Waals surface area contributed by atoms with Gasteiger partial charge in [0.1, 0.15) is 12.6 Å². The summed E-state index contributed by atoms with van der Waals surface area (Å²) in [7, 11) is 0. The first-order valence-electron chi connectivity index (χ1n) is 9.70. The zero-order chi connectivity index (χ0) is 19.3. The second-order valence-electron chi connectivity index (χ2n) is 7.62. The highest BCUT2D eigenvalue weighted by Crippen LogP contribution is 2.43. The predicted octanol–water partition coefficient (Wildman–Crippen LogP) is 4.16. The van der Waals surface area contributed by atoms with Crippen molar-refractivity contribution >= 4 is 32.3 Å². The second-order valence-corrected chi connectivity index (χ2v) is 7.62. The number of alkyl halides is 2. The third kappa shape index (κ3) is 2.65. The normalized spacial score (nSPS) is 17.7. The summed E-state index contributed by atoms with van der Waals surface area (Å²) in [5.41, 5.74) is 0.590. The van der Waals surface area contributed by atoms with E-state index in [2.05, 4.69) is 29.6 Å². The maximum atomic E-state index is 15.0. The van der Waals surface area contributed by atoms with Gasteiger partial charge in [0.25, 0.3) is 5.92 Å². The van der Waals surface area contributed by atoms with Gasteiger partial charge in [-0.1, -0.05) is 54.6 Å². The van der Waals surface area contributed by atoms with Crippen LogP contribution in [0, 0.1) is 0 Å². The first kappa shape index (κ1) is 17.7. The van der Waals surface area contributed by atoms with E-state index in [0.717, 1.165) is 32.3 Å². The average Bonchev–Trinajstić information content (AvgIpc) is 2.73. The summed E-state index contributed by atoms with van der Waals surface area (Å²) in [6.45, 7) is 1.24. The molecule has 28 heavy (non-hydrogen) atoms. The molecule has 0 amide bonds. The number of nitrogens with zero attached hydrogens (tertiary/aromatic N) is 1. The standard InChI is InChI=1S/C23H22F2N2O/c24-23(25,14-28)22(27-12-10-26-11-13-27)19-9-7-17-5-4-15-2-1-3-16-6-8-18(19)21(17)20(15)16/h1-9,22,26,28H,10-14H2/t22-/m1/s1. The number of hydrogen-bond donors (Lipinski definition) is 2. The molecule has 0 bridgehead atoms. The number of aliphatic hydroxyl groups is 1. The van der Waals surface area contributed by atoms with Gasteiger partial charge in [-0.25, -0.2) is 8.78 Å². The molecule has 4 aromatic rings. The second kappa shape index (κ2) is 6.62. The third-order valence-corrected chi connectivity index (χ3v) is 5.98. The van der Waals surface area contributed by atoms with Crippen molar-refractivity contribution in [3.8, 4) is 0 Å². The van der Waals surface area contributed by atoms with Crippen LogP contribution in [0.2, 0.25) is 0 Å². The molecule has 0 saturated carbocycles. The van der Waals surface area contributed by atoms with Gasteiger partial charge in [0.05, 0.1) is 0 Å². The molecule has 0 unspecified atom stereocenters. The van der Waals surface area contributed by atoms with E-state index in [0.29, 0.717) is 31.7 Å². The van der Waals surface area contributed by atoms with E-state index in [4.69, 9.17) is 0 Å². The van der Waals surface area contributed by atoms with Crippen molar-refractivity contribution in [1.29, 1.82) is 0 Å². The van der Waals surface area contributed by atoms with Crippen LogP contribution >= 0.6 is 0 Å². The molecule has 4 aromatic carbocycles. The lowest BCUT2D eigenvalue weighted by Crippen LogP contribution is -2.51. The van der Waals surface area contributed by atoms with Crippen LogP contribution in [0.15, 0.2) is 54.6 Å². The molecule has 0 radical (unpaired) electrons. The van der Waals surface area contributed by atoms with Gasteiger partial charge < -0.3 is 10.4 Å². The minimum atomic E-state index is -3.22. The number of piperazine rings is 1. The summed E-state index contributed by atoms with van der Waals surface area (Å²) in [6, 6.07) is 16.9. The van der Waals surface area contributed by atoms with Crippen LogP contribution in [0.5, 0.6) is 0 Å². The number of benzene rings is 4. The SMILES string of the molecule is OCC(F)(F)[C@@H](c1ccc2ccc3cccc4ccc1c2c34)N1CCNCC1. The van der Waals surface area contributed by atoms with Crippen molar-refractivity contribution in [3.05, 3.63) is 60.2 Å². The zero-order valence-corrected chi connectivity index (χ0v) is 15.5. The highest BCUT2D eigenvalue weighted by atomic mass is 19.3. The summed E-state index contributed by atoms with van der Waals surface area (Å²) >= 11 is 0. The molecule has 1 atom stereocenters. The molecule has 0 aliphatic carbocycles. The third-order valence-electron chi connectivity index (χ3n) is 5.98. The van der Waals surface area contributed by atoms with Gasteiger partial charge in [0.15, 0.2) is 0 Å². The smallest absolute Gasteiger partial charge is 0.289 e. The lowest BCUT2D eigenvalue weighted by atomic mass is 9.87. The quantitative estimate of drug-likeness (QED) is 0.522. The minimum absolute atomic E-state index is 0.530. The van der Waals surface area contributed by atoms with Crippen molar-refractivity contribution in [2.45, 2.75) is 12.0 Å². The van der Waals surface area contributed by atoms with Gasteiger partial charge in [-0.05, 0) is 37.9 Å². The number of aliphatic hydroxyl groups excluding tert-OH is 1. The maximum absolute atomic E-state index is 15.0. The highest BCUT2D eigenvalue weighted by Gasteiger charge is 2.44. The van der Waals surface area contributed by atoms with Gasteiger partial charge in [-0.3, -0.25) is 4.90 Å². The molecule has 5 heteroatoms. The Labute approximate surface area is 161 Å². The Hall–Kier alpha value is -2.34. The van der Waals surface area contributed by atoms with E-state index in [1.54, 1.807) is 4.90 Å². The molecule has 1 heterocycles. The fraction of sp³-hybridized carbons (Fsp3) is 0.304. The highest BCUT2D eigenvalue weighted by molar-refractivity contribution is 6.23. The van der Waals surface area contributed by atoms with Crippen LogP contribution in [-0.4, -0.2) is 48.7 Å². The molecule has 0 aromatic heterocycles. The van der Waals surface area contributed by atoms with Gasteiger partial charge in [0.2, 0.25) is 0 Å². The van der Waals surface area contributed by atoms with Crippen molar-refractivity contribution in [3.63, 3.8) is 0 Å². The van der Waals surface area contributed by atoms with Crippen LogP contribution < -0.4 is 5.32 Å². The summed E-state index contributed by atoms with van der Waals surface area (Å²) < 4.78 is 30.0. The molecule has 0 spiro atoms. The Bertz CT molecular complexity index is 1120. The van der Waals surface area contributed by atoms with Gasteiger partial charge in [-0.15, -0.1) is 0 Å². The summed E-state index contributed by atoms with van der Waals surface area (Å²) in [4.78, 5) is 1.80. The molecule has 144 valence electrons. The van der Waals surface area contributed by atoms with Crippen molar-refractivity contribution in [2.24, 2.45) is 0 Å². The van der Waals surface area contributed by atoms with Crippen molar-refractivity contribution < 1.29 is 13.9 Å². The maximum Gasteiger partial charge on any atom is 0.289 e. The van der Waals surface area contributed by atoms with Crippen LogP contribution in [0.4, 0.5) is 8.78 Å². The largest absolute Gasteiger partial charge is 0.390 e. The summed E-state index contributed by atoms with van der Waals surface area (Å²) in [6.07, 6.45) is 0. The molecular weight excluding hydrogens is 358 g/mol. The van der Waals surface area contributed by atoms with Crippen LogP contribution in [0.3, 0.4) is 0 Å². The zero-order valence-electron chi connectivity index (χ0n) is 15.5. The average molecular weight is 380 g/mol. The Balaban J connectivity index is 1.80. The topological polar surface area (TPSA) is 35.5 Å². The van der Waals surface area contributed by atoms with E-state index in [-0.39, 0.29) is 0 Å². The van der Waals surface area contributed by atoms with Crippen LogP contribution in [0.25, 0.3) is 32.3 Å². The molecule has 1 saturated heterocycles. The molecule has 1 aliphatic heterocycles. The monoisotopic (exact) mass is 380 g/mol. The molecule has 3 nitrogen and oxygen atoms in total. The lowest BCUT2D eigenvalue weighted by Gasteiger charge is -2.39. The fourth-order valence-electron chi connectivity index (χ4n) is 4.71. The predicted molar refractivity (Wildman–Crippen MR) is 109 cm³/mol. The number of halogens is 2. The number of nitrogens with one attached hydrogen (secondary N) is 1. The summed E-state index contributed by atoms with van der Waals surface area (Å²) in [5.74, 6) is -3.22. The Kier molecular flexibility index (Phi) is 4.19. The van der Waals surface area contributed by atoms with E-state index >= 15 is 0 Å². The summed E-state index contributed by atoms with van der Waals surface area (Å²) in [5, 5.41) is 19.0. The van der Waals surface area contributed by atoms with Gasteiger partial charge in [-0.2, -0.15) is 0 Å². The Morgan fingerprint density at radius 1 is 0.893 bits per heavy atom. The molecule has 5 rings (SSSR count). The van der Waals surface area contributed by atoms with E-state index in [9.17, 15) is 13.9 Å². The molecule has 2 N–H and O–H groups in total. The van der Waals surface area contributed by atoms with E-state index in [1.165, 1.54) is 0 Å². The Morgan fingerprint density at radius 2 is 1.50 bits per heavy atom. The first-order valence-corrected chi connectivity index (χ1v) is 9.70. The number of hydrogen-bond acceptors (Lipinski definition) is 3. The Morgan fingerprint density at radius 3 is 2.18 bits per heavy atom. The first-order chi connectivity index (χ1) is 13.6.